The Morgan fingerprint density at radius 3 is 2.65 bits per heavy atom. The van der Waals surface area contributed by atoms with Gasteiger partial charge >= 0.3 is 0 Å². The highest BCUT2D eigenvalue weighted by atomic mass is 32.2. The maximum absolute atomic E-state index is 12.3. The van der Waals surface area contributed by atoms with Gasteiger partial charge < -0.3 is 0 Å². The number of aromatic amines is 1. The molecule has 6 nitrogen and oxygen atoms in total. The Labute approximate surface area is 121 Å². The molecule has 0 aromatic carbocycles. The number of aromatic nitrogens is 2. The van der Waals surface area contributed by atoms with Gasteiger partial charge in [-0.2, -0.15) is 10.4 Å². The fourth-order valence-corrected chi connectivity index (χ4v) is 3.90. The number of anilines is 1. The molecule has 0 aliphatic rings. The van der Waals surface area contributed by atoms with Crippen molar-refractivity contribution in [1.29, 1.82) is 5.26 Å². The van der Waals surface area contributed by atoms with Gasteiger partial charge in [0.1, 0.15) is 15.8 Å². The van der Waals surface area contributed by atoms with Crippen LogP contribution in [0.25, 0.3) is 0 Å². The van der Waals surface area contributed by atoms with Crippen LogP contribution in [-0.4, -0.2) is 18.6 Å². The van der Waals surface area contributed by atoms with E-state index in [-0.39, 0.29) is 21.0 Å². The highest BCUT2D eigenvalue weighted by Crippen LogP contribution is 2.32. The molecule has 2 rings (SSSR count). The summed E-state index contributed by atoms with van der Waals surface area (Å²) in [5.74, 6) is 0.0817. The van der Waals surface area contributed by atoms with Crippen LogP contribution in [0.1, 0.15) is 31.2 Å². The summed E-state index contributed by atoms with van der Waals surface area (Å²) in [5, 5.41) is 14.9. The van der Waals surface area contributed by atoms with Crippen molar-refractivity contribution in [1.82, 2.24) is 10.2 Å². The van der Waals surface area contributed by atoms with Crippen molar-refractivity contribution in [2.75, 3.05) is 4.72 Å². The molecule has 0 radical (unpaired) electrons. The monoisotopic (exact) mass is 310 g/mol. The summed E-state index contributed by atoms with van der Waals surface area (Å²) >= 11 is 1.21. The average Bonchev–Trinajstić information content (AvgIpc) is 2.94. The van der Waals surface area contributed by atoms with Crippen molar-refractivity contribution in [3.8, 4) is 6.07 Å². The van der Waals surface area contributed by atoms with Crippen LogP contribution in [-0.2, 0) is 15.4 Å². The van der Waals surface area contributed by atoms with E-state index < -0.39 is 10.0 Å². The fraction of sp³-hybridized carbons (Fsp3) is 0.333. The molecule has 0 spiro atoms. The van der Waals surface area contributed by atoms with Crippen molar-refractivity contribution >= 4 is 27.2 Å². The number of H-pyrrole nitrogens is 1. The van der Waals surface area contributed by atoms with Crippen molar-refractivity contribution < 1.29 is 8.42 Å². The lowest BCUT2D eigenvalue weighted by Crippen LogP contribution is -2.13. The molecule has 106 valence electrons. The first-order chi connectivity index (χ1) is 9.24. The lowest BCUT2D eigenvalue weighted by molar-refractivity contribution is 0.603. The molecule has 2 heterocycles. The number of thiophene rings is 1. The highest BCUT2D eigenvalue weighted by Gasteiger charge is 2.23. The van der Waals surface area contributed by atoms with Crippen LogP contribution in [0.5, 0.6) is 0 Å². The molecular formula is C12H14N4O2S2. The first-order valence-corrected chi connectivity index (χ1v) is 8.10. The van der Waals surface area contributed by atoms with Gasteiger partial charge in [-0.05, 0) is 17.5 Å². The first-order valence-electron chi connectivity index (χ1n) is 5.80. The molecule has 0 unspecified atom stereocenters. The van der Waals surface area contributed by atoms with E-state index in [2.05, 4.69) is 14.9 Å². The Morgan fingerprint density at radius 2 is 2.10 bits per heavy atom. The molecule has 0 saturated carbocycles. The Hall–Kier alpha value is -1.85. The van der Waals surface area contributed by atoms with E-state index in [9.17, 15) is 8.42 Å². The zero-order chi connectivity index (χ0) is 15.0. The van der Waals surface area contributed by atoms with Crippen LogP contribution in [0, 0.1) is 11.3 Å². The normalized spacial score (nSPS) is 12.1. The summed E-state index contributed by atoms with van der Waals surface area (Å²) in [6.07, 6.45) is 1.27. The number of nitrogens with one attached hydrogen (secondary N) is 2. The summed E-state index contributed by atoms with van der Waals surface area (Å²) in [6.45, 7) is 6.06. The Kier molecular flexibility index (Phi) is 3.58. The van der Waals surface area contributed by atoms with Crippen LogP contribution in [0.4, 0.5) is 5.82 Å². The maximum atomic E-state index is 12.3. The zero-order valence-corrected chi connectivity index (χ0v) is 12.9. The topological polar surface area (TPSA) is 98.6 Å². The van der Waals surface area contributed by atoms with E-state index in [1.165, 1.54) is 17.5 Å². The molecule has 0 amide bonds. The van der Waals surface area contributed by atoms with Gasteiger partial charge in [-0.25, -0.2) is 8.42 Å². The van der Waals surface area contributed by atoms with Crippen molar-refractivity contribution in [3.63, 3.8) is 0 Å². The minimum absolute atomic E-state index is 0.0817. The summed E-state index contributed by atoms with van der Waals surface area (Å²) in [5.41, 5.74) is 0.0470. The highest BCUT2D eigenvalue weighted by molar-refractivity contribution is 7.94. The van der Waals surface area contributed by atoms with Gasteiger partial charge in [-0.1, -0.05) is 20.8 Å². The molecule has 0 aliphatic carbocycles. The maximum Gasteiger partial charge on any atom is 0.272 e. The summed E-state index contributed by atoms with van der Waals surface area (Å²) < 4.78 is 27.1. The quantitative estimate of drug-likeness (QED) is 0.909. The number of hydrogen-bond donors (Lipinski definition) is 2. The van der Waals surface area contributed by atoms with Gasteiger partial charge in [0.25, 0.3) is 10.0 Å². The molecule has 0 saturated heterocycles. The lowest BCUT2D eigenvalue weighted by atomic mass is 9.95. The molecule has 8 heteroatoms. The molecule has 2 N–H and O–H groups in total. The largest absolute Gasteiger partial charge is 0.272 e. The Morgan fingerprint density at radius 1 is 1.40 bits per heavy atom. The minimum Gasteiger partial charge on any atom is -0.262 e. The minimum atomic E-state index is -3.71. The van der Waals surface area contributed by atoms with Gasteiger partial charge in [0, 0.05) is 4.88 Å². The van der Waals surface area contributed by atoms with Crippen LogP contribution < -0.4 is 4.72 Å². The Balaban J connectivity index is 2.32. The number of hydrogen-bond acceptors (Lipinski definition) is 5. The second-order valence-corrected chi connectivity index (χ2v) is 8.24. The fourth-order valence-electron chi connectivity index (χ4n) is 1.50. The SMILES string of the molecule is CC(C)(C)c1ccc(S(=O)(=O)Nc2[nH]ncc2C#N)s1. The molecule has 0 fully saturated rings. The summed E-state index contributed by atoms with van der Waals surface area (Å²) in [4.78, 5) is 0.975. The molecule has 20 heavy (non-hydrogen) atoms. The third kappa shape index (κ3) is 2.84. The molecule has 0 bridgehead atoms. The van der Waals surface area contributed by atoms with Gasteiger partial charge in [-0.3, -0.25) is 9.82 Å². The third-order valence-electron chi connectivity index (χ3n) is 2.58. The number of nitrogens with zero attached hydrogens (tertiary/aromatic N) is 2. The van der Waals surface area contributed by atoms with Crippen molar-refractivity contribution in [2.24, 2.45) is 0 Å². The van der Waals surface area contributed by atoms with E-state index >= 15 is 0 Å². The van der Waals surface area contributed by atoms with Crippen LogP contribution in [0.2, 0.25) is 0 Å². The smallest absolute Gasteiger partial charge is 0.262 e. The van der Waals surface area contributed by atoms with E-state index in [1.54, 1.807) is 12.1 Å². The predicted molar refractivity (Wildman–Crippen MR) is 77.1 cm³/mol. The first kappa shape index (κ1) is 14.6. The second kappa shape index (κ2) is 4.92. The van der Waals surface area contributed by atoms with Crippen LogP contribution in [0.3, 0.4) is 0 Å². The molecule has 2 aromatic rings. The second-order valence-electron chi connectivity index (χ2n) is 5.24. The molecule has 0 atom stereocenters. The van der Waals surface area contributed by atoms with Gasteiger partial charge in [0.2, 0.25) is 0 Å². The van der Waals surface area contributed by atoms with E-state index in [4.69, 9.17) is 5.26 Å². The number of sulfonamides is 1. The zero-order valence-electron chi connectivity index (χ0n) is 11.3. The van der Waals surface area contributed by atoms with Gasteiger partial charge in [-0.15, -0.1) is 11.3 Å². The van der Waals surface area contributed by atoms with Gasteiger partial charge in [0.05, 0.1) is 6.20 Å². The summed E-state index contributed by atoms with van der Waals surface area (Å²) in [7, 11) is -3.71. The standard InChI is InChI=1S/C12H14N4O2S2/c1-12(2,3)9-4-5-10(19-9)20(17,18)16-11-8(6-13)7-14-15-11/h4-5,7H,1-3H3,(H2,14,15,16). The van der Waals surface area contributed by atoms with E-state index in [0.717, 1.165) is 4.88 Å². The molecule has 0 aliphatic heterocycles. The van der Waals surface area contributed by atoms with Crippen molar-refractivity contribution in [3.05, 3.63) is 28.8 Å². The summed E-state index contributed by atoms with van der Waals surface area (Å²) in [6, 6.07) is 5.23. The van der Waals surface area contributed by atoms with Crippen molar-refractivity contribution in [2.45, 2.75) is 30.4 Å². The molecule has 2 aromatic heterocycles. The van der Waals surface area contributed by atoms with Crippen LogP contribution in [0.15, 0.2) is 22.5 Å². The van der Waals surface area contributed by atoms with E-state index in [0.29, 0.717) is 0 Å². The number of nitriles is 1. The average molecular weight is 310 g/mol. The van der Waals surface area contributed by atoms with E-state index in [1.807, 2.05) is 26.8 Å². The molecular weight excluding hydrogens is 296 g/mol. The van der Waals surface area contributed by atoms with Crippen LogP contribution >= 0.6 is 11.3 Å². The third-order valence-corrected chi connectivity index (χ3v) is 5.93. The predicted octanol–water partition coefficient (Wildman–Crippen LogP) is 2.44. The lowest BCUT2D eigenvalue weighted by Gasteiger charge is -2.15. The number of rotatable bonds is 3. The van der Waals surface area contributed by atoms with Gasteiger partial charge in [0.15, 0.2) is 5.82 Å². The Bertz CT molecular complexity index is 760.